The molecule has 104 valence electrons. The number of nitrogens with zero attached hydrogens (tertiary/aromatic N) is 1. The Morgan fingerprint density at radius 2 is 2.20 bits per heavy atom. The summed E-state index contributed by atoms with van der Waals surface area (Å²) >= 11 is 3.29. The summed E-state index contributed by atoms with van der Waals surface area (Å²) in [4.78, 5) is 29.0. The molecule has 0 aliphatic rings. The van der Waals surface area contributed by atoms with E-state index >= 15 is 0 Å². The second kappa shape index (κ2) is 5.74. The average Bonchev–Trinajstić information content (AvgIpc) is 2.88. The van der Waals surface area contributed by atoms with Gasteiger partial charge < -0.3 is 20.1 Å². The lowest BCUT2D eigenvalue weighted by atomic mass is 10.2. The molecule has 0 saturated carbocycles. The highest BCUT2D eigenvalue weighted by atomic mass is 79.9. The lowest BCUT2D eigenvalue weighted by Crippen LogP contribution is -2.16. The van der Waals surface area contributed by atoms with Gasteiger partial charge in [-0.2, -0.15) is 0 Å². The van der Waals surface area contributed by atoms with E-state index in [-0.39, 0.29) is 11.4 Å². The second-order valence-electron chi connectivity index (χ2n) is 3.73. The largest absolute Gasteiger partial charge is 0.496 e. The first-order valence-corrected chi connectivity index (χ1v) is 6.23. The molecule has 0 aliphatic carbocycles. The summed E-state index contributed by atoms with van der Waals surface area (Å²) in [5, 5.41) is 11.5. The van der Waals surface area contributed by atoms with E-state index in [1.54, 1.807) is 18.2 Å². The minimum atomic E-state index is -1.25. The number of rotatable bonds is 4. The van der Waals surface area contributed by atoms with Crippen LogP contribution in [0.3, 0.4) is 0 Å². The van der Waals surface area contributed by atoms with Crippen molar-refractivity contribution in [2.24, 2.45) is 0 Å². The number of benzene rings is 1. The number of halogens is 1. The molecule has 8 heteroatoms. The molecule has 2 rings (SSSR count). The fraction of sp³-hybridized carbons (Fsp3) is 0.0833. The Balaban J connectivity index is 2.21. The van der Waals surface area contributed by atoms with Crippen molar-refractivity contribution in [3.05, 3.63) is 40.4 Å². The van der Waals surface area contributed by atoms with E-state index in [0.717, 1.165) is 6.33 Å². The molecular formula is C12H10BrN3O4. The number of carboxylic acid groups (broad SMARTS) is 1. The topological polar surface area (TPSA) is 104 Å². The molecule has 0 bridgehead atoms. The van der Waals surface area contributed by atoms with Crippen LogP contribution in [0.1, 0.15) is 21.0 Å². The van der Waals surface area contributed by atoms with Crippen molar-refractivity contribution in [3.63, 3.8) is 0 Å². The smallest absolute Gasteiger partial charge is 0.354 e. The number of carbonyl (C=O) groups excluding carboxylic acids is 1. The van der Waals surface area contributed by atoms with Gasteiger partial charge in [0, 0.05) is 5.69 Å². The Hall–Kier alpha value is -2.35. The molecular weight excluding hydrogens is 330 g/mol. The van der Waals surface area contributed by atoms with Crippen LogP contribution in [-0.4, -0.2) is 34.1 Å². The third-order valence-electron chi connectivity index (χ3n) is 2.48. The first kappa shape index (κ1) is 14.1. The summed E-state index contributed by atoms with van der Waals surface area (Å²) in [7, 11) is 1.53. The van der Waals surface area contributed by atoms with Gasteiger partial charge in [-0.15, -0.1) is 0 Å². The number of aromatic amines is 1. The zero-order valence-corrected chi connectivity index (χ0v) is 11.9. The van der Waals surface area contributed by atoms with E-state index in [1.807, 2.05) is 0 Å². The summed E-state index contributed by atoms with van der Waals surface area (Å²) in [6.07, 6.45) is 1.16. The molecule has 1 amide bonds. The van der Waals surface area contributed by atoms with Gasteiger partial charge in [-0.3, -0.25) is 4.79 Å². The van der Waals surface area contributed by atoms with E-state index in [0.29, 0.717) is 15.9 Å². The van der Waals surface area contributed by atoms with Crippen LogP contribution in [0, 0.1) is 0 Å². The first-order valence-electron chi connectivity index (χ1n) is 5.44. The third kappa shape index (κ3) is 2.80. The van der Waals surface area contributed by atoms with Crippen LogP contribution in [-0.2, 0) is 0 Å². The van der Waals surface area contributed by atoms with Crippen molar-refractivity contribution >= 4 is 33.5 Å². The third-order valence-corrected chi connectivity index (χ3v) is 3.10. The Morgan fingerprint density at radius 1 is 1.45 bits per heavy atom. The standard InChI is InChI=1S/C12H10BrN3O4/c1-20-8-3-2-6(4-7(8)13)16-11(17)9-10(12(18)19)15-5-14-9/h2-5H,1H3,(H,14,15)(H,16,17)(H,18,19). The molecule has 2 aromatic rings. The summed E-state index contributed by atoms with van der Waals surface area (Å²) < 4.78 is 5.74. The average molecular weight is 340 g/mol. The number of nitrogens with one attached hydrogen (secondary N) is 2. The lowest BCUT2D eigenvalue weighted by Gasteiger charge is -2.07. The van der Waals surface area contributed by atoms with Crippen molar-refractivity contribution in [1.29, 1.82) is 0 Å². The predicted octanol–water partition coefficient (Wildman–Crippen LogP) is 2.13. The number of methoxy groups -OCH3 is 1. The maximum absolute atomic E-state index is 12.0. The van der Waals surface area contributed by atoms with Crippen LogP contribution in [0.25, 0.3) is 0 Å². The Labute approximate surface area is 122 Å². The number of hydrogen-bond acceptors (Lipinski definition) is 4. The Morgan fingerprint density at radius 3 is 2.80 bits per heavy atom. The molecule has 0 atom stereocenters. The second-order valence-corrected chi connectivity index (χ2v) is 4.59. The van der Waals surface area contributed by atoms with Crippen LogP contribution in [0.4, 0.5) is 5.69 Å². The molecule has 0 aliphatic heterocycles. The summed E-state index contributed by atoms with van der Waals surface area (Å²) in [5.41, 5.74) is 0.0570. The molecule has 1 aromatic heterocycles. The SMILES string of the molecule is COc1ccc(NC(=O)c2nc[nH]c2C(=O)O)cc1Br. The van der Waals surface area contributed by atoms with Crippen LogP contribution < -0.4 is 10.1 Å². The van der Waals surface area contributed by atoms with Crippen molar-refractivity contribution < 1.29 is 19.4 Å². The summed E-state index contributed by atoms with van der Waals surface area (Å²) in [6, 6.07) is 4.95. The molecule has 0 unspecified atom stereocenters. The zero-order chi connectivity index (χ0) is 14.7. The van der Waals surface area contributed by atoms with Crippen molar-refractivity contribution in [1.82, 2.24) is 9.97 Å². The molecule has 7 nitrogen and oxygen atoms in total. The number of ether oxygens (including phenoxy) is 1. The van der Waals surface area contributed by atoms with Crippen LogP contribution >= 0.6 is 15.9 Å². The minimum absolute atomic E-state index is 0.176. The zero-order valence-electron chi connectivity index (χ0n) is 10.3. The van der Waals surface area contributed by atoms with E-state index in [9.17, 15) is 9.59 Å². The van der Waals surface area contributed by atoms with Crippen LogP contribution in [0.15, 0.2) is 29.0 Å². The summed E-state index contributed by atoms with van der Waals surface area (Å²) in [5.74, 6) is -1.24. The van der Waals surface area contributed by atoms with Crippen LogP contribution in [0.5, 0.6) is 5.75 Å². The van der Waals surface area contributed by atoms with E-state index in [4.69, 9.17) is 9.84 Å². The predicted molar refractivity (Wildman–Crippen MR) is 74.2 cm³/mol. The number of H-pyrrole nitrogens is 1. The number of carboxylic acids is 1. The van der Waals surface area contributed by atoms with Gasteiger partial charge in [-0.25, -0.2) is 9.78 Å². The number of anilines is 1. The number of carbonyl (C=O) groups is 2. The molecule has 0 fully saturated rings. The Bertz CT molecular complexity index is 668. The van der Waals surface area contributed by atoms with Gasteiger partial charge in [-0.05, 0) is 34.1 Å². The number of amides is 1. The van der Waals surface area contributed by atoms with Crippen molar-refractivity contribution in [2.75, 3.05) is 12.4 Å². The maximum atomic E-state index is 12.0. The number of aromatic nitrogens is 2. The van der Waals surface area contributed by atoms with Crippen LogP contribution in [0.2, 0.25) is 0 Å². The summed E-state index contributed by atoms with van der Waals surface area (Å²) in [6.45, 7) is 0. The minimum Gasteiger partial charge on any atom is -0.496 e. The van der Waals surface area contributed by atoms with Gasteiger partial charge in [0.1, 0.15) is 5.75 Å². The van der Waals surface area contributed by atoms with Gasteiger partial charge in [0.2, 0.25) is 0 Å². The van der Waals surface area contributed by atoms with Gasteiger partial charge >= 0.3 is 5.97 Å². The quantitative estimate of drug-likeness (QED) is 0.791. The fourth-order valence-electron chi connectivity index (χ4n) is 1.56. The molecule has 0 radical (unpaired) electrons. The van der Waals surface area contributed by atoms with Gasteiger partial charge in [0.25, 0.3) is 5.91 Å². The molecule has 0 spiro atoms. The van der Waals surface area contributed by atoms with E-state index < -0.39 is 11.9 Å². The maximum Gasteiger partial charge on any atom is 0.354 e. The molecule has 0 saturated heterocycles. The van der Waals surface area contributed by atoms with Crippen molar-refractivity contribution in [3.8, 4) is 5.75 Å². The van der Waals surface area contributed by atoms with Gasteiger partial charge in [0.05, 0.1) is 17.9 Å². The molecule has 20 heavy (non-hydrogen) atoms. The van der Waals surface area contributed by atoms with Gasteiger partial charge in [0.15, 0.2) is 11.4 Å². The molecule has 1 heterocycles. The lowest BCUT2D eigenvalue weighted by molar-refractivity contribution is 0.0686. The highest BCUT2D eigenvalue weighted by Gasteiger charge is 2.19. The normalized spacial score (nSPS) is 10.1. The number of hydrogen-bond donors (Lipinski definition) is 3. The fourth-order valence-corrected chi connectivity index (χ4v) is 2.10. The molecule has 1 aromatic carbocycles. The van der Waals surface area contributed by atoms with E-state index in [2.05, 4.69) is 31.2 Å². The number of imidazole rings is 1. The van der Waals surface area contributed by atoms with Gasteiger partial charge in [-0.1, -0.05) is 0 Å². The first-order chi connectivity index (χ1) is 9.52. The Kier molecular flexibility index (Phi) is 4.04. The van der Waals surface area contributed by atoms with E-state index in [1.165, 1.54) is 7.11 Å². The van der Waals surface area contributed by atoms with Crippen molar-refractivity contribution in [2.45, 2.75) is 0 Å². The molecule has 3 N–H and O–H groups in total. The highest BCUT2D eigenvalue weighted by Crippen LogP contribution is 2.27. The highest BCUT2D eigenvalue weighted by molar-refractivity contribution is 9.10. The number of aromatic carboxylic acids is 1. The monoisotopic (exact) mass is 339 g/mol.